The number of hydrogen-bond donors (Lipinski definition) is 1. The summed E-state index contributed by atoms with van der Waals surface area (Å²) >= 11 is 0. The summed E-state index contributed by atoms with van der Waals surface area (Å²) in [6.45, 7) is 6.64. The van der Waals surface area contributed by atoms with Gasteiger partial charge in [-0.2, -0.15) is 0 Å². The highest BCUT2D eigenvalue weighted by molar-refractivity contribution is 5.77. The van der Waals surface area contributed by atoms with Gasteiger partial charge in [0, 0.05) is 13.1 Å². The molecule has 1 saturated heterocycles. The molecule has 5 nitrogen and oxygen atoms in total. The molecule has 16 heavy (non-hydrogen) atoms. The molecule has 0 aromatic rings. The Hall–Kier alpha value is -1.26. The van der Waals surface area contributed by atoms with Gasteiger partial charge in [-0.25, -0.2) is 4.79 Å². The number of carboxylic acid groups (broad SMARTS) is 1. The average Bonchev–Trinajstić information content (AvgIpc) is 2.59. The first-order valence-corrected chi connectivity index (χ1v) is 5.50. The fourth-order valence-corrected chi connectivity index (χ4v) is 1.62. The van der Waals surface area contributed by atoms with Crippen molar-refractivity contribution in [1.82, 2.24) is 4.90 Å². The molecule has 1 atom stereocenters. The van der Waals surface area contributed by atoms with Gasteiger partial charge in [-0.3, -0.25) is 4.79 Å². The average molecular weight is 229 g/mol. The monoisotopic (exact) mass is 229 g/mol. The van der Waals surface area contributed by atoms with Crippen molar-refractivity contribution in [3.05, 3.63) is 0 Å². The molecular formula is C11H19NO4. The van der Waals surface area contributed by atoms with Crippen LogP contribution in [0.4, 0.5) is 4.79 Å². The van der Waals surface area contributed by atoms with Crippen molar-refractivity contribution in [2.24, 2.45) is 11.3 Å². The number of rotatable bonds is 3. The molecule has 0 aromatic carbocycles. The highest BCUT2D eigenvalue weighted by atomic mass is 16.6. The highest BCUT2D eigenvalue weighted by Gasteiger charge is 2.42. The highest BCUT2D eigenvalue weighted by Crippen LogP contribution is 2.30. The van der Waals surface area contributed by atoms with Crippen molar-refractivity contribution >= 4 is 12.1 Å². The number of carbonyl (C=O) groups excluding carboxylic acids is 1. The SMILES string of the molecule is CC(C)COC(=O)N1CCC(C)(C(=O)O)C1. The van der Waals surface area contributed by atoms with Crippen LogP contribution in [-0.2, 0) is 9.53 Å². The van der Waals surface area contributed by atoms with Gasteiger partial charge in [0.2, 0.25) is 0 Å². The molecule has 1 heterocycles. The van der Waals surface area contributed by atoms with Crippen molar-refractivity contribution < 1.29 is 19.4 Å². The van der Waals surface area contributed by atoms with Gasteiger partial charge in [-0.15, -0.1) is 0 Å². The van der Waals surface area contributed by atoms with Gasteiger partial charge in [0.05, 0.1) is 12.0 Å². The van der Waals surface area contributed by atoms with Crippen LogP contribution in [0.1, 0.15) is 27.2 Å². The van der Waals surface area contributed by atoms with Crippen molar-refractivity contribution in [1.29, 1.82) is 0 Å². The molecule has 0 bridgehead atoms. The number of amides is 1. The number of aliphatic carboxylic acids is 1. The molecule has 1 aliphatic heterocycles. The van der Waals surface area contributed by atoms with E-state index in [1.807, 2.05) is 13.8 Å². The molecule has 0 aliphatic carbocycles. The first-order chi connectivity index (χ1) is 7.35. The Kier molecular flexibility index (Phi) is 3.78. The first kappa shape index (κ1) is 12.8. The summed E-state index contributed by atoms with van der Waals surface area (Å²) < 4.78 is 5.05. The molecule has 1 unspecified atom stereocenters. The van der Waals surface area contributed by atoms with E-state index < -0.39 is 17.5 Å². The smallest absolute Gasteiger partial charge is 0.409 e. The summed E-state index contributed by atoms with van der Waals surface area (Å²) in [5.41, 5.74) is -0.823. The van der Waals surface area contributed by atoms with E-state index in [0.717, 1.165) is 0 Å². The van der Waals surface area contributed by atoms with Gasteiger partial charge in [-0.05, 0) is 19.3 Å². The summed E-state index contributed by atoms with van der Waals surface area (Å²) in [6, 6.07) is 0. The molecule has 1 fully saturated rings. The molecule has 1 rings (SSSR count). The lowest BCUT2D eigenvalue weighted by Crippen LogP contribution is -2.35. The van der Waals surface area contributed by atoms with Crippen LogP contribution in [0.5, 0.6) is 0 Å². The van der Waals surface area contributed by atoms with Gasteiger partial charge in [0.15, 0.2) is 0 Å². The predicted octanol–water partition coefficient (Wildman–Crippen LogP) is 1.58. The fourth-order valence-electron chi connectivity index (χ4n) is 1.62. The first-order valence-electron chi connectivity index (χ1n) is 5.50. The maximum Gasteiger partial charge on any atom is 0.409 e. The van der Waals surface area contributed by atoms with Gasteiger partial charge in [0.25, 0.3) is 0 Å². The van der Waals surface area contributed by atoms with Crippen molar-refractivity contribution in [2.45, 2.75) is 27.2 Å². The van der Waals surface area contributed by atoms with E-state index in [2.05, 4.69) is 0 Å². The Bertz CT molecular complexity index is 290. The van der Waals surface area contributed by atoms with E-state index in [-0.39, 0.29) is 12.5 Å². The third-order valence-corrected chi connectivity index (χ3v) is 2.79. The molecule has 5 heteroatoms. The van der Waals surface area contributed by atoms with E-state index in [4.69, 9.17) is 9.84 Å². The normalized spacial score (nSPS) is 24.9. The Morgan fingerprint density at radius 2 is 2.12 bits per heavy atom. The summed E-state index contributed by atoms with van der Waals surface area (Å²) in [7, 11) is 0. The minimum absolute atomic E-state index is 0.235. The molecule has 0 spiro atoms. The lowest BCUT2D eigenvalue weighted by Gasteiger charge is -2.20. The van der Waals surface area contributed by atoms with Gasteiger partial charge >= 0.3 is 12.1 Å². The number of likely N-dealkylation sites (tertiary alicyclic amines) is 1. The molecular weight excluding hydrogens is 210 g/mol. The predicted molar refractivity (Wildman–Crippen MR) is 58.1 cm³/mol. The standard InChI is InChI=1S/C11H19NO4/c1-8(2)6-16-10(15)12-5-4-11(3,7-12)9(13)14/h8H,4-7H2,1-3H3,(H,13,14). The molecule has 92 valence electrons. The number of carbonyl (C=O) groups is 2. The molecule has 0 radical (unpaired) electrons. The Labute approximate surface area is 95.4 Å². The minimum atomic E-state index is -0.855. The van der Waals surface area contributed by atoms with Crippen LogP contribution in [0.3, 0.4) is 0 Å². The summed E-state index contributed by atoms with van der Waals surface area (Å²) in [5.74, 6) is -0.566. The number of hydrogen-bond acceptors (Lipinski definition) is 3. The summed E-state index contributed by atoms with van der Waals surface area (Å²) in [6.07, 6.45) is 0.0812. The summed E-state index contributed by atoms with van der Waals surface area (Å²) in [5, 5.41) is 9.01. The van der Waals surface area contributed by atoms with Crippen molar-refractivity contribution in [3.63, 3.8) is 0 Å². The zero-order valence-corrected chi connectivity index (χ0v) is 10.0. The number of nitrogens with zero attached hydrogens (tertiary/aromatic N) is 1. The van der Waals surface area contributed by atoms with Gasteiger partial charge in [0.1, 0.15) is 0 Å². The lowest BCUT2D eigenvalue weighted by molar-refractivity contribution is -0.147. The largest absolute Gasteiger partial charge is 0.481 e. The van der Waals surface area contributed by atoms with Crippen molar-refractivity contribution in [2.75, 3.05) is 19.7 Å². The van der Waals surface area contributed by atoms with Crippen molar-refractivity contribution in [3.8, 4) is 0 Å². The third kappa shape index (κ3) is 2.87. The summed E-state index contributed by atoms with van der Waals surface area (Å²) in [4.78, 5) is 24.0. The zero-order valence-electron chi connectivity index (χ0n) is 10.0. The third-order valence-electron chi connectivity index (χ3n) is 2.79. The van der Waals surface area contributed by atoms with E-state index >= 15 is 0 Å². The van der Waals surface area contributed by atoms with Gasteiger partial charge < -0.3 is 14.7 Å². The number of carboxylic acids is 1. The molecule has 1 amide bonds. The maximum absolute atomic E-state index is 11.6. The Balaban J connectivity index is 2.47. The van der Waals surface area contributed by atoms with Gasteiger partial charge in [-0.1, -0.05) is 13.8 Å². The van der Waals surface area contributed by atoms with E-state index in [9.17, 15) is 9.59 Å². The molecule has 0 saturated carbocycles. The quantitative estimate of drug-likeness (QED) is 0.797. The molecule has 0 aromatic heterocycles. The van der Waals surface area contributed by atoms with Crippen LogP contribution in [0, 0.1) is 11.3 Å². The van der Waals surface area contributed by atoms with Crippen LogP contribution < -0.4 is 0 Å². The fraction of sp³-hybridized carbons (Fsp3) is 0.818. The molecule has 1 N–H and O–H groups in total. The second-order valence-corrected chi connectivity index (χ2v) is 5.01. The Morgan fingerprint density at radius 3 is 2.56 bits per heavy atom. The van der Waals surface area contributed by atoms with Crippen LogP contribution in [0.25, 0.3) is 0 Å². The number of ether oxygens (including phenoxy) is 1. The molecule has 1 aliphatic rings. The van der Waals surface area contributed by atoms with E-state index in [1.165, 1.54) is 4.90 Å². The van der Waals surface area contributed by atoms with E-state index in [1.54, 1.807) is 6.92 Å². The van der Waals surface area contributed by atoms with Crippen LogP contribution in [-0.4, -0.2) is 41.8 Å². The zero-order chi connectivity index (χ0) is 12.3. The van der Waals surface area contributed by atoms with E-state index in [0.29, 0.717) is 19.6 Å². The van der Waals surface area contributed by atoms with Crippen LogP contribution >= 0.6 is 0 Å². The van der Waals surface area contributed by atoms with Crippen LogP contribution in [0.15, 0.2) is 0 Å². The maximum atomic E-state index is 11.6. The second-order valence-electron chi connectivity index (χ2n) is 5.01. The van der Waals surface area contributed by atoms with Crippen LogP contribution in [0.2, 0.25) is 0 Å². The lowest BCUT2D eigenvalue weighted by atomic mass is 9.90. The minimum Gasteiger partial charge on any atom is -0.481 e. The topological polar surface area (TPSA) is 66.8 Å². The second kappa shape index (κ2) is 4.72. The Morgan fingerprint density at radius 1 is 1.50 bits per heavy atom.